The van der Waals surface area contributed by atoms with E-state index in [1.807, 2.05) is 0 Å². The molecule has 2 aliphatic rings. The fourth-order valence-corrected chi connectivity index (χ4v) is 6.99. The van der Waals surface area contributed by atoms with E-state index in [9.17, 15) is 0 Å². The maximum Gasteiger partial charge on any atom is 0.0620 e. The quantitative estimate of drug-likeness (QED) is 0.228. The standard InChI is InChI=1S/C38H25N/c1-2-10-24(11-3-1)30-16-8-9-17-31(30)29-20-34-32-18-25-12-4-6-14-27(25)22-36(32)39-37-23-28-15-7-5-13-26(28)19-33(37)35(21-29)38(34)39/h1-23,25,27H. The molecule has 2 heterocycles. The highest BCUT2D eigenvalue weighted by Crippen LogP contribution is 2.39. The fourth-order valence-electron chi connectivity index (χ4n) is 6.99. The molecule has 5 aromatic carbocycles. The highest BCUT2D eigenvalue weighted by atomic mass is 14.9. The Hall–Kier alpha value is -4.88. The van der Waals surface area contributed by atoms with Gasteiger partial charge in [-0.25, -0.2) is 0 Å². The van der Waals surface area contributed by atoms with Gasteiger partial charge in [0.25, 0.3) is 0 Å². The number of aromatic nitrogens is 1. The SMILES string of the molecule is C1=CC2C=c3c(n4c5cc6ccccc6cc5c5cc(-c6ccccc6-c6ccccc6)cc3c54)=CC2C=C1. The molecule has 0 N–H and O–H groups in total. The maximum atomic E-state index is 2.54. The molecular weight excluding hydrogens is 470 g/mol. The lowest BCUT2D eigenvalue weighted by Crippen LogP contribution is -2.33. The van der Waals surface area contributed by atoms with Gasteiger partial charge in [0.1, 0.15) is 0 Å². The van der Waals surface area contributed by atoms with Gasteiger partial charge in [0.2, 0.25) is 0 Å². The third-order valence-corrected chi connectivity index (χ3v) is 8.79. The molecule has 182 valence electrons. The van der Waals surface area contributed by atoms with Crippen molar-refractivity contribution in [3.63, 3.8) is 0 Å². The van der Waals surface area contributed by atoms with Crippen molar-refractivity contribution in [1.82, 2.24) is 4.40 Å². The summed E-state index contributed by atoms with van der Waals surface area (Å²) in [7, 11) is 0. The van der Waals surface area contributed by atoms with Gasteiger partial charge in [0.05, 0.1) is 16.4 Å². The molecule has 0 saturated heterocycles. The van der Waals surface area contributed by atoms with E-state index in [1.165, 1.54) is 70.8 Å². The molecule has 9 rings (SSSR count). The molecule has 0 aliphatic heterocycles. The van der Waals surface area contributed by atoms with Crippen LogP contribution in [0, 0.1) is 11.8 Å². The summed E-state index contributed by atoms with van der Waals surface area (Å²) in [5, 5.41) is 9.27. The number of hydrogen-bond acceptors (Lipinski definition) is 0. The van der Waals surface area contributed by atoms with Crippen LogP contribution in [0.2, 0.25) is 0 Å². The Bertz CT molecular complexity index is 2280. The highest BCUT2D eigenvalue weighted by Gasteiger charge is 2.24. The average Bonchev–Trinajstić information content (AvgIpc) is 3.49. The van der Waals surface area contributed by atoms with Crippen molar-refractivity contribution in [2.24, 2.45) is 11.8 Å². The number of hydrogen-bond donors (Lipinski definition) is 0. The van der Waals surface area contributed by atoms with Crippen molar-refractivity contribution in [1.29, 1.82) is 0 Å². The van der Waals surface area contributed by atoms with Crippen molar-refractivity contribution in [3.05, 3.63) is 138 Å². The second-order valence-electron chi connectivity index (χ2n) is 10.9. The lowest BCUT2D eigenvalue weighted by molar-refractivity contribution is 0.721. The first-order valence-electron chi connectivity index (χ1n) is 13.8. The van der Waals surface area contributed by atoms with Gasteiger partial charge in [-0.15, -0.1) is 0 Å². The predicted octanol–water partition coefficient (Wildman–Crippen LogP) is 8.10. The number of allylic oxidation sites excluding steroid dienone is 4. The van der Waals surface area contributed by atoms with E-state index in [4.69, 9.17) is 0 Å². The molecule has 0 saturated carbocycles. The molecule has 2 unspecified atom stereocenters. The van der Waals surface area contributed by atoms with Crippen LogP contribution in [0.5, 0.6) is 0 Å². The van der Waals surface area contributed by atoms with Crippen LogP contribution in [0.3, 0.4) is 0 Å². The summed E-state index contributed by atoms with van der Waals surface area (Å²) in [6.07, 6.45) is 14.1. The minimum Gasteiger partial charge on any atom is -0.308 e. The van der Waals surface area contributed by atoms with Crippen LogP contribution in [-0.2, 0) is 0 Å². The molecule has 2 aliphatic carbocycles. The minimum absolute atomic E-state index is 0.397. The molecule has 0 fully saturated rings. The third-order valence-electron chi connectivity index (χ3n) is 8.79. The Balaban J connectivity index is 1.46. The van der Waals surface area contributed by atoms with Crippen LogP contribution in [-0.4, -0.2) is 4.40 Å². The number of rotatable bonds is 2. The number of fused-ring (bicyclic) bond motifs is 8. The first-order valence-corrected chi connectivity index (χ1v) is 13.8. The molecule has 0 amide bonds. The van der Waals surface area contributed by atoms with Gasteiger partial charge in [0.15, 0.2) is 0 Å². The van der Waals surface area contributed by atoms with Crippen molar-refractivity contribution in [2.45, 2.75) is 0 Å². The topological polar surface area (TPSA) is 4.41 Å². The first kappa shape index (κ1) is 21.1. The largest absolute Gasteiger partial charge is 0.308 e. The molecule has 0 spiro atoms. The van der Waals surface area contributed by atoms with Crippen molar-refractivity contribution in [3.8, 4) is 22.3 Å². The van der Waals surface area contributed by atoms with E-state index in [-0.39, 0.29) is 0 Å². The summed E-state index contributed by atoms with van der Waals surface area (Å²) in [4.78, 5) is 0. The van der Waals surface area contributed by atoms with Crippen molar-refractivity contribution in [2.75, 3.05) is 0 Å². The Morgan fingerprint density at radius 2 is 1.15 bits per heavy atom. The highest BCUT2D eigenvalue weighted by molar-refractivity contribution is 6.19. The van der Waals surface area contributed by atoms with Crippen LogP contribution < -0.4 is 10.6 Å². The van der Waals surface area contributed by atoms with Gasteiger partial charge in [-0.3, -0.25) is 0 Å². The molecule has 39 heavy (non-hydrogen) atoms. The van der Waals surface area contributed by atoms with Gasteiger partial charge in [-0.05, 0) is 57.3 Å². The van der Waals surface area contributed by atoms with Gasteiger partial charge in [-0.2, -0.15) is 0 Å². The third kappa shape index (κ3) is 2.96. The molecule has 1 heteroatoms. The summed E-state index contributed by atoms with van der Waals surface area (Å²) < 4.78 is 2.54. The first-order chi connectivity index (χ1) is 19.3. The summed E-state index contributed by atoms with van der Waals surface area (Å²) in [5.41, 5.74) is 7.69. The molecule has 2 atom stereocenters. The average molecular weight is 496 g/mol. The summed E-state index contributed by atoms with van der Waals surface area (Å²) in [6, 6.07) is 38.0. The van der Waals surface area contributed by atoms with E-state index in [0.717, 1.165) is 0 Å². The zero-order chi connectivity index (χ0) is 25.5. The van der Waals surface area contributed by atoms with Crippen LogP contribution in [0.25, 0.3) is 72.4 Å². The second-order valence-corrected chi connectivity index (χ2v) is 10.9. The monoisotopic (exact) mass is 495 g/mol. The molecule has 0 bridgehead atoms. The second kappa shape index (κ2) is 7.82. The zero-order valence-corrected chi connectivity index (χ0v) is 21.4. The van der Waals surface area contributed by atoms with Gasteiger partial charge in [-0.1, -0.05) is 115 Å². The molecule has 7 aromatic rings. The fraction of sp³-hybridized carbons (Fsp3) is 0.0526. The molecule has 2 aromatic heterocycles. The predicted molar refractivity (Wildman–Crippen MR) is 165 cm³/mol. The Labute approximate surface area is 226 Å². The van der Waals surface area contributed by atoms with Crippen LogP contribution in [0.15, 0.2) is 127 Å². The number of nitrogens with zero attached hydrogens (tertiary/aromatic N) is 1. The molecule has 0 radical (unpaired) electrons. The van der Waals surface area contributed by atoms with E-state index in [2.05, 4.69) is 144 Å². The zero-order valence-electron chi connectivity index (χ0n) is 21.4. The van der Waals surface area contributed by atoms with Crippen LogP contribution >= 0.6 is 0 Å². The normalized spacial score (nSPS) is 17.9. The van der Waals surface area contributed by atoms with E-state index < -0.39 is 0 Å². The van der Waals surface area contributed by atoms with Gasteiger partial charge >= 0.3 is 0 Å². The maximum absolute atomic E-state index is 2.54. The Kier molecular flexibility index (Phi) is 4.23. The summed E-state index contributed by atoms with van der Waals surface area (Å²) in [6.45, 7) is 0. The molecule has 1 nitrogen and oxygen atoms in total. The summed E-state index contributed by atoms with van der Waals surface area (Å²) >= 11 is 0. The van der Waals surface area contributed by atoms with E-state index in [0.29, 0.717) is 11.8 Å². The van der Waals surface area contributed by atoms with Crippen molar-refractivity contribution < 1.29 is 0 Å². The van der Waals surface area contributed by atoms with Crippen LogP contribution in [0.4, 0.5) is 0 Å². The van der Waals surface area contributed by atoms with Gasteiger partial charge in [0, 0.05) is 33.2 Å². The van der Waals surface area contributed by atoms with Crippen molar-refractivity contribution >= 4 is 50.1 Å². The van der Waals surface area contributed by atoms with E-state index in [1.54, 1.807) is 0 Å². The lowest BCUT2D eigenvalue weighted by Gasteiger charge is -2.20. The summed E-state index contributed by atoms with van der Waals surface area (Å²) in [5.74, 6) is 0.801. The van der Waals surface area contributed by atoms with E-state index >= 15 is 0 Å². The lowest BCUT2D eigenvalue weighted by atomic mass is 9.84. The van der Waals surface area contributed by atoms with Gasteiger partial charge < -0.3 is 4.40 Å². The number of benzene rings is 5. The smallest absolute Gasteiger partial charge is 0.0620 e. The minimum atomic E-state index is 0.397. The Morgan fingerprint density at radius 1 is 0.513 bits per heavy atom. The Morgan fingerprint density at radius 3 is 1.95 bits per heavy atom. The van der Waals surface area contributed by atoms with Crippen LogP contribution in [0.1, 0.15) is 0 Å². The molecular formula is C38H25N.